The molecule has 0 bridgehead atoms. The van der Waals surface area contributed by atoms with Crippen molar-refractivity contribution >= 4 is 39.9 Å². The minimum absolute atomic E-state index is 0.0160. The van der Waals surface area contributed by atoms with Crippen molar-refractivity contribution < 1.29 is 9.34 Å². The summed E-state index contributed by atoms with van der Waals surface area (Å²) in [5.74, 6) is 0.212. The topological polar surface area (TPSA) is 82.1 Å². The number of nitrogens with zero attached hydrogens (tertiary/aromatic N) is 3. The molecule has 0 spiro atoms. The van der Waals surface area contributed by atoms with Crippen LogP contribution in [0.1, 0.15) is 0 Å². The molecule has 8 heteroatoms. The van der Waals surface area contributed by atoms with Gasteiger partial charge in [-0.15, -0.1) is 0 Å². The predicted octanol–water partition coefficient (Wildman–Crippen LogP) is 4.10. The molecular weight excluding hydrogens is 305 g/mol. The zero-order valence-corrected chi connectivity index (χ0v) is 11.2. The van der Waals surface area contributed by atoms with E-state index in [9.17, 15) is 10.1 Å². The zero-order valence-electron chi connectivity index (χ0n) is 9.71. The molecule has 2 aromatic heterocycles. The Kier molecular flexibility index (Phi) is 3.04. The first-order chi connectivity index (χ1) is 9.56. The van der Waals surface area contributed by atoms with Crippen molar-refractivity contribution in [2.75, 3.05) is 0 Å². The number of rotatable bonds is 2. The van der Waals surface area contributed by atoms with Crippen molar-refractivity contribution in [2.24, 2.45) is 0 Å². The van der Waals surface area contributed by atoms with Gasteiger partial charge in [0.1, 0.15) is 6.20 Å². The van der Waals surface area contributed by atoms with Gasteiger partial charge < -0.3 is 4.42 Å². The summed E-state index contributed by atoms with van der Waals surface area (Å²) in [5.41, 5.74) is 0.167. The van der Waals surface area contributed by atoms with Crippen molar-refractivity contribution in [2.45, 2.75) is 0 Å². The lowest BCUT2D eigenvalue weighted by Crippen LogP contribution is -1.96. The Morgan fingerprint density at radius 1 is 1.30 bits per heavy atom. The maximum atomic E-state index is 11.0. The average molecular weight is 310 g/mol. The van der Waals surface area contributed by atoms with Crippen molar-refractivity contribution in [1.82, 2.24) is 9.97 Å². The minimum atomic E-state index is -0.597. The lowest BCUT2D eigenvalue weighted by molar-refractivity contribution is -0.384. The summed E-state index contributed by atoms with van der Waals surface area (Å²) in [6.07, 6.45) is 1.04. The van der Waals surface area contributed by atoms with Crippen molar-refractivity contribution in [3.63, 3.8) is 0 Å². The summed E-state index contributed by atoms with van der Waals surface area (Å²) < 4.78 is 5.55. The molecule has 0 radical (unpaired) electrons. The van der Waals surface area contributed by atoms with Gasteiger partial charge in [0.2, 0.25) is 5.28 Å². The van der Waals surface area contributed by atoms with Gasteiger partial charge in [0.25, 0.3) is 0 Å². The van der Waals surface area contributed by atoms with Gasteiger partial charge in [-0.2, -0.15) is 0 Å². The molecule has 3 rings (SSSR count). The van der Waals surface area contributed by atoms with E-state index in [-0.39, 0.29) is 22.4 Å². The minimum Gasteiger partial charge on any atom is -0.453 e. The van der Waals surface area contributed by atoms with E-state index in [1.54, 1.807) is 24.3 Å². The molecule has 0 aliphatic heterocycles. The highest BCUT2D eigenvalue weighted by molar-refractivity contribution is 6.34. The normalized spacial score (nSPS) is 10.9. The Morgan fingerprint density at radius 3 is 2.80 bits per heavy atom. The van der Waals surface area contributed by atoms with Crippen molar-refractivity contribution in [3.8, 4) is 11.5 Å². The number of aromatic nitrogens is 2. The quantitative estimate of drug-likeness (QED) is 0.404. The lowest BCUT2D eigenvalue weighted by atomic mass is 10.2. The molecule has 2 heterocycles. The number of hydrogen-bond donors (Lipinski definition) is 0. The van der Waals surface area contributed by atoms with E-state index < -0.39 is 4.92 Å². The van der Waals surface area contributed by atoms with Gasteiger partial charge in [-0.1, -0.05) is 23.7 Å². The standard InChI is InChI=1S/C12H5Cl2N3O3/c13-7-3-1-2-6-4-9(20-11(6)7)10-8(17(18)19)5-15-12(14)16-10/h1-5H. The number of benzene rings is 1. The number of hydrogen-bond acceptors (Lipinski definition) is 5. The SMILES string of the molecule is O=[N+]([O-])c1cnc(Cl)nc1-c1cc2cccc(Cl)c2o1. The molecule has 6 nitrogen and oxygen atoms in total. The Hall–Kier alpha value is -2.18. The number of nitro groups is 1. The van der Waals surface area contributed by atoms with E-state index in [2.05, 4.69) is 9.97 Å². The first-order valence-corrected chi connectivity index (χ1v) is 6.17. The van der Waals surface area contributed by atoms with Crippen LogP contribution in [0.15, 0.2) is 34.9 Å². The fourth-order valence-corrected chi connectivity index (χ4v) is 2.17. The van der Waals surface area contributed by atoms with Gasteiger partial charge in [-0.05, 0) is 23.7 Å². The molecule has 0 amide bonds. The van der Waals surface area contributed by atoms with Crippen LogP contribution in [-0.4, -0.2) is 14.9 Å². The van der Waals surface area contributed by atoms with Crippen LogP contribution in [0, 0.1) is 10.1 Å². The van der Waals surface area contributed by atoms with E-state index in [0.29, 0.717) is 10.6 Å². The third-order valence-electron chi connectivity index (χ3n) is 2.67. The van der Waals surface area contributed by atoms with Gasteiger partial charge in [0, 0.05) is 5.39 Å². The number of fused-ring (bicyclic) bond motifs is 1. The molecule has 1 aromatic carbocycles. The average Bonchev–Trinajstić information content (AvgIpc) is 2.83. The fraction of sp³-hybridized carbons (Fsp3) is 0. The summed E-state index contributed by atoms with van der Waals surface area (Å²) in [7, 11) is 0. The maximum Gasteiger partial charge on any atom is 0.316 e. The molecule has 0 unspecified atom stereocenters. The molecule has 0 saturated carbocycles. The van der Waals surface area contributed by atoms with E-state index >= 15 is 0 Å². The van der Waals surface area contributed by atoms with Crippen LogP contribution in [-0.2, 0) is 0 Å². The Morgan fingerprint density at radius 2 is 2.10 bits per heavy atom. The molecule has 0 aliphatic rings. The van der Waals surface area contributed by atoms with E-state index in [0.717, 1.165) is 11.6 Å². The largest absolute Gasteiger partial charge is 0.453 e. The molecule has 100 valence electrons. The summed E-state index contributed by atoms with van der Waals surface area (Å²) in [6, 6.07) is 6.82. The maximum absolute atomic E-state index is 11.0. The number of halogens is 2. The highest BCUT2D eigenvalue weighted by atomic mass is 35.5. The summed E-state index contributed by atoms with van der Waals surface area (Å²) >= 11 is 11.7. The van der Waals surface area contributed by atoms with Gasteiger partial charge in [-0.25, -0.2) is 9.97 Å². The fourth-order valence-electron chi connectivity index (χ4n) is 1.81. The lowest BCUT2D eigenvalue weighted by Gasteiger charge is -1.98. The second kappa shape index (κ2) is 4.73. The predicted molar refractivity (Wildman–Crippen MR) is 73.9 cm³/mol. The van der Waals surface area contributed by atoms with Crippen LogP contribution in [0.25, 0.3) is 22.4 Å². The molecule has 0 atom stereocenters. The third-order valence-corrected chi connectivity index (χ3v) is 3.15. The Bertz CT molecular complexity index is 832. The van der Waals surface area contributed by atoms with Crippen LogP contribution in [0.2, 0.25) is 10.3 Å². The van der Waals surface area contributed by atoms with E-state index in [1.165, 1.54) is 0 Å². The van der Waals surface area contributed by atoms with Crippen LogP contribution in [0.3, 0.4) is 0 Å². The third kappa shape index (κ3) is 2.09. The number of furan rings is 1. The van der Waals surface area contributed by atoms with Gasteiger partial charge in [-0.3, -0.25) is 10.1 Å². The second-order valence-corrected chi connectivity index (χ2v) is 4.64. The smallest absolute Gasteiger partial charge is 0.316 e. The van der Waals surface area contributed by atoms with Gasteiger partial charge >= 0.3 is 5.69 Å². The van der Waals surface area contributed by atoms with Crippen LogP contribution >= 0.6 is 23.2 Å². The van der Waals surface area contributed by atoms with Crippen LogP contribution < -0.4 is 0 Å². The van der Waals surface area contributed by atoms with E-state index in [1.807, 2.05) is 0 Å². The summed E-state index contributed by atoms with van der Waals surface area (Å²) in [5, 5.41) is 12.0. The first-order valence-electron chi connectivity index (χ1n) is 5.41. The molecule has 0 fully saturated rings. The van der Waals surface area contributed by atoms with Crippen molar-refractivity contribution in [1.29, 1.82) is 0 Å². The molecule has 20 heavy (non-hydrogen) atoms. The monoisotopic (exact) mass is 309 g/mol. The van der Waals surface area contributed by atoms with Crippen LogP contribution in [0.5, 0.6) is 0 Å². The van der Waals surface area contributed by atoms with Gasteiger partial charge in [0.05, 0.1) is 9.95 Å². The zero-order chi connectivity index (χ0) is 14.3. The highest BCUT2D eigenvalue weighted by Gasteiger charge is 2.22. The Labute approximate surface area is 122 Å². The molecule has 0 saturated heterocycles. The summed E-state index contributed by atoms with van der Waals surface area (Å²) in [6.45, 7) is 0. The highest BCUT2D eigenvalue weighted by Crippen LogP contribution is 2.35. The molecule has 3 aromatic rings. The van der Waals surface area contributed by atoms with Crippen LogP contribution in [0.4, 0.5) is 5.69 Å². The molecule has 0 N–H and O–H groups in total. The van der Waals surface area contributed by atoms with Crippen molar-refractivity contribution in [3.05, 3.63) is 50.9 Å². The Balaban J connectivity index is 2.27. The van der Waals surface area contributed by atoms with E-state index in [4.69, 9.17) is 27.6 Å². The summed E-state index contributed by atoms with van der Waals surface area (Å²) in [4.78, 5) is 17.9. The first kappa shape index (κ1) is 12.8. The molecule has 0 aliphatic carbocycles. The molecular formula is C12H5Cl2N3O3. The number of para-hydroxylation sites is 1. The van der Waals surface area contributed by atoms with Gasteiger partial charge in [0.15, 0.2) is 17.0 Å². The second-order valence-electron chi connectivity index (χ2n) is 3.90.